The Labute approximate surface area is 212 Å². The predicted octanol–water partition coefficient (Wildman–Crippen LogP) is 5.39. The minimum Gasteiger partial charge on any atom is -0.462 e. The first-order valence-electron chi connectivity index (χ1n) is 10.9. The topological polar surface area (TPSA) is 120 Å². The number of fused-ring (bicyclic) bond motifs is 2. The van der Waals surface area contributed by atoms with Gasteiger partial charge in [0.2, 0.25) is 5.76 Å². The Bertz CT molecular complexity index is 1610. The summed E-state index contributed by atoms with van der Waals surface area (Å²) in [6, 6.07) is 15.8. The molecule has 0 radical (unpaired) electrons. The zero-order valence-electron chi connectivity index (χ0n) is 18.8. The van der Waals surface area contributed by atoms with Crippen molar-refractivity contribution < 1.29 is 23.7 Å². The average molecular weight is 549 g/mol. The molecular formula is C26H17BrN2O7. The van der Waals surface area contributed by atoms with Gasteiger partial charge in [-0.1, -0.05) is 28.1 Å². The van der Waals surface area contributed by atoms with Crippen LogP contribution in [-0.2, 0) is 4.74 Å². The van der Waals surface area contributed by atoms with Crippen molar-refractivity contribution in [1.29, 1.82) is 0 Å². The second-order valence-electron chi connectivity index (χ2n) is 8.01. The summed E-state index contributed by atoms with van der Waals surface area (Å²) in [7, 11) is 0. The number of benzene rings is 3. The van der Waals surface area contributed by atoms with Crippen molar-refractivity contribution in [2.75, 3.05) is 11.5 Å². The number of nitro benzene ring substituents is 1. The molecule has 0 N–H and O–H groups in total. The lowest BCUT2D eigenvalue weighted by Gasteiger charge is -2.25. The van der Waals surface area contributed by atoms with E-state index >= 15 is 0 Å². The van der Waals surface area contributed by atoms with Gasteiger partial charge in [0, 0.05) is 22.3 Å². The maximum Gasteiger partial charge on any atom is 0.338 e. The highest BCUT2D eigenvalue weighted by Crippen LogP contribution is 2.42. The number of nitro groups is 1. The second kappa shape index (κ2) is 9.04. The molecule has 9 nitrogen and oxygen atoms in total. The van der Waals surface area contributed by atoms with E-state index in [0.717, 1.165) is 0 Å². The maximum atomic E-state index is 13.7. The number of rotatable bonds is 5. The number of ether oxygens (including phenoxy) is 1. The quantitative estimate of drug-likeness (QED) is 0.186. The van der Waals surface area contributed by atoms with Crippen LogP contribution in [0.3, 0.4) is 0 Å². The van der Waals surface area contributed by atoms with Gasteiger partial charge in [-0.05, 0) is 55.0 Å². The van der Waals surface area contributed by atoms with E-state index in [9.17, 15) is 24.5 Å². The lowest BCUT2D eigenvalue weighted by Crippen LogP contribution is -2.29. The van der Waals surface area contributed by atoms with E-state index in [1.807, 2.05) is 0 Å². The Morgan fingerprint density at radius 3 is 2.56 bits per heavy atom. The van der Waals surface area contributed by atoms with Gasteiger partial charge in [0.05, 0.1) is 34.1 Å². The number of carbonyl (C=O) groups excluding carboxylic acids is 2. The van der Waals surface area contributed by atoms with Crippen LogP contribution in [0, 0.1) is 10.1 Å². The standard InChI is InChI=1S/C26H17BrN2O7/c1-2-35-26(32)14-6-9-17(10-7-14)28-22(15-4-3-5-18(12-15)29(33)34)21-23(30)19-13-16(27)8-11-20(19)36-24(21)25(28)31/h3-13,22H,2H2,1H3. The molecule has 0 aliphatic carbocycles. The predicted molar refractivity (Wildman–Crippen MR) is 134 cm³/mol. The first kappa shape index (κ1) is 23.4. The molecule has 36 heavy (non-hydrogen) atoms. The Hall–Kier alpha value is -4.31. The van der Waals surface area contributed by atoms with Crippen LogP contribution in [0.5, 0.6) is 0 Å². The SMILES string of the molecule is CCOC(=O)c1ccc(N2C(=O)c3oc4ccc(Br)cc4c(=O)c3C2c2cccc([N+](=O)[O-])c2)cc1. The number of non-ortho nitro benzene ring substituents is 1. The third-order valence-corrected chi connectivity index (χ3v) is 6.38. The lowest BCUT2D eigenvalue weighted by molar-refractivity contribution is -0.384. The van der Waals surface area contributed by atoms with Gasteiger partial charge < -0.3 is 9.15 Å². The number of hydrogen-bond donors (Lipinski definition) is 0. The Balaban J connectivity index is 1.73. The fourth-order valence-electron chi connectivity index (χ4n) is 4.31. The van der Waals surface area contributed by atoms with E-state index in [0.29, 0.717) is 21.3 Å². The number of anilines is 1. The monoisotopic (exact) mass is 548 g/mol. The molecule has 1 aliphatic heterocycles. The van der Waals surface area contributed by atoms with E-state index in [-0.39, 0.29) is 34.6 Å². The van der Waals surface area contributed by atoms with Crippen LogP contribution in [-0.4, -0.2) is 23.4 Å². The van der Waals surface area contributed by atoms with Crippen LogP contribution >= 0.6 is 15.9 Å². The summed E-state index contributed by atoms with van der Waals surface area (Å²) in [5.41, 5.74) is 0.768. The molecule has 1 amide bonds. The smallest absolute Gasteiger partial charge is 0.338 e. The number of amides is 1. The molecule has 4 aromatic rings. The van der Waals surface area contributed by atoms with Crippen molar-refractivity contribution in [3.63, 3.8) is 0 Å². The number of hydrogen-bond acceptors (Lipinski definition) is 7. The highest BCUT2D eigenvalue weighted by molar-refractivity contribution is 9.10. The normalized spacial score (nSPS) is 14.7. The van der Waals surface area contributed by atoms with Crippen molar-refractivity contribution in [3.05, 3.63) is 114 Å². The fourth-order valence-corrected chi connectivity index (χ4v) is 4.67. The molecule has 1 atom stereocenters. The van der Waals surface area contributed by atoms with Crippen LogP contribution < -0.4 is 10.3 Å². The van der Waals surface area contributed by atoms with Gasteiger partial charge in [0.15, 0.2) is 5.43 Å². The summed E-state index contributed by atoms with van der Waals surface area (Å²) in [5.74, 6) is -1.22. The first-order valence-corrected chi connectivity index (χ1v) is 11.7. The molecule has 0 bridgehead atoms. The van der Waals surface area contributed by atoms with Crippen molar-refractivity contribution >= 4 is 50.2 Å². The first-order chi connectivity index (χ1) is 17.3. The molecule has 5 rings (SSSR count). The van der Waals surface area contributed by atoms with Crippen LogP contribution in [0.4, 0.5) is 11.4 Å². The lowest BCUT2D eigenvalue weighted by atomic mass is 9.97. The Morgan fingerprint density at radius 2 is 1.86 bits per heavy atom. The van der Waals surface area contributed by atoms with Crippen molar-refractivity contribution in [3.8, 4) is 0 Å². The Kier molecular flexibility index (Phi) is 5.89. The molecule has 0 saturated heterocycles. The average Bonchev–Trinajstić information content (AvgIpc) is 3.17. The molecule has 10 heteroatoms. The third kappa shape index (κ3) is 3.85. The zero-order chi connectivity index (χ0) is 25.6. The summed E-state index contributed by atoms with van der Waals surface area (Å²) >= 11 is 3.35. The van der Waals surface area contributed by atoms with E-state index in [1.54, 1.807) is 43.3 Å². The minimum absolute atomic E-state index is 0.0839. The van der Waals surface area contributed by atoms with Crippen LogP contribution in [0.15, 0.2) is 80.4 Å². The summed E-state index contributed by atoms with van der Waals surface area (Å²) < 4.78 is 11.6. The zero-order valence-corrected chi connectivity index (χ0v) is 20.4. The second-order valence-corrected chi connectivity index (χ2v) is 8.93. The van der Waals surface area contributed by atoms with Crippen LogP contribution in [0.1, 0.15) is 45.0 Å². The van der Waals surface area contributed by atoms with Gasteiger partial charge in [-0.3, -0.25) is 24.6 Å². The summed E-state index contributed by atoms with van der Waals surface area (Å²) in [6.07, 6.45) is 0. The summed E-state index contributed by atoms with van der Waals surface area (Å²) in [4.78, 5) is 51.6. The van der Waals surface area contributed by atoms with Gasteiger partial charge in [0.25, 0.3) is 11.6 Å². The molecule has 180 valence electrons. The molecule has 0 fully saturated rings. The number of halogens is 1. The van der Waals surface area contributed by atoms with E-state index in [1.165, 1.54) is 35.2 Å². The van der Waals surface area contributed by atoms with Crippen molar-refractivity contribution in [2.45, 2.75) is 13.0 Å². The van der Waals surface area contributed by atoms with Gasteiger partial charge in [-0.2, -0.15) is 0 Å². The third-order valence-electron chi connectivity index (χ3n) is 5.89. The van der Waals surface area contributed by atoms with E-state index in [2.05, 4.69) is 15.9 Å². The molecule has 1 aliphatic rings. The number of esters is 1. The highest BCUT2D eigenvalue weighted by atomic mass is 79.9. The van der Waals surface area contributed by atoms with Crippen molar-refractivity contribution in [1.82, 2.24) is 0 Å². The summed E-state index contributed by atoms with van der Waals surface area (Å²) in [6.45, 7) is 1.91. The number of nitrogens with zero attached hydrogens (tertiary/aromatic N) is 2. The van der Waals surface area contributed by atoms with Crippen LogP contribution in [0.2, 0.25) is 0 Å². The van der Waals surface area contributed by atoms with Gasteiger partial charge in [0.1, 0.15) is 5.58 Å². The molecule has 2 heterocycles. The molecular weight excluding hydrogens is 532 g/mol. The van der Waals surface area contributed by atoms with Gasteiger partial charge in [-0.25, -0.2) is 4.79 Å². The number of carbonyl (C=O) groups is 2. The molecule has 1 unspecified atom stereocenters. The largest absolute Gasteiger partial charge is 0.462 e. The van der Waals surface area contributed by atoms with Crippen LogP contribution in [0.25, 0.3) is 11.0 Å². The van der Waals surface area contributed by atoms with Gasteiger partial charge >= 0.3 is 5.97 Å². The fraction of sp³-hybridized carbons (Fsp3) is 0.115. The molecule has 3 aromatic carbocycles. The van der Waals surface area contributed by atoms with Gasteiger partial charge in [-0.15, -0.1) is 0 Å². The molecule has 0 saturated carbocycles. The van der Waals surface area contributed by atoms with Crippen molar-refractivity contribution in [2.24, 2.45) is 0 Å². The minimum atomic E-state index is -0.986. The van der Waals surface area contributed by atoms with E-state index < -0.39 is 28.3 Å². The van der Waals surface area contributed by atoms with E-state index in [4.69, 9.17) is 9.15 Å². The summed E-state index contributed by atoms with van der Waals surface area (Å²) in [5, 5.41) is 11.7. The maximum absolute atomic E-state index is 13.7. The molecule has 1 aromatic heterocycles. The highest BCUT2D eigenvalue weighted by Gasteiger charge is 2.44. The Morgan fingerprint density at radius 1 is 1.11 bits per heavy atom. The molecule has 0 spiro atoms.